The smallest absolute Gasteiger partial charge is 0.244 e. The molecule has 0 aliphatic carbocycles. The molecule has 3 aromatic carbocycles. The van der Waals surface area contributed by atoms with Crippen molar-refractivity contribution in [3.05, 3.63) is 96.1 Å². The number of rotatable bonds is 11. The van der Waals surface area contributed by atoms with E-state index in [0.717, 1.165) is 21.7 Å². The van der Waals surface area contributed by atoms with Crippen LogP contribution in [0.5, 0.6) is 5.75 Å². The van der Waals surface area contributed by atoms with Gasteiger partial charge in [0.05, 0.1) is 19.1 Å². The standard InChI is InChI=1S/C30H37N3O5S/c1-30(2,3)31-29(35)27(19-23-13-8-6-9-14-23)32(21-24-15-10-7-11-16-24)28(34)22-33(39(5,36)37)25-17-12-18-26(20-25)38-4/h6-18,20,27H,19,21-22H2,1-5H3,(H,31,35)/t27-/m0/s1. The second-order valence-corrected chi connectivity index (χ2v) is 12.3. The summed E-state index contributed by atoms with van der Waals surface area (Å²) in [6.45, 7) is 5.28. The average Bonchev–Trinajstić information content (AvgIpc) is 2.88. The van der Waals surface area contributed by atoms with Gasteiger partial charge in [-0.3, -0.25) is 13.9 Å². The Labute approximate surface area is 231 Å². The van der Waals surface area contributed by atoms with Crippen LogP contribution in [0.25, 0.3) is 0 Å². The lowest BCUT2D eigenvalue weighted by molar-refractivity contribution is -0.140. The SMILES string of the molecule is COc1cccc(N(CC(=O)N(Cc2ccccc2)[C@@H](Cc2ccccc2)C(=O)NC(C)(C)C)S(C)(=O)=O)c1. The number of benzene rings is 3. The molecule has 0 fully saturated rings. The number of carbonyl (C=O) groups is 2. The summed E-state index contributed by atoms with van der Waals surface area (Å²) in [7, 11) is -2.36. The number of methoxy groups -OCH3 is 1. The molecule has 39 heavy (non-hydrogen) atoms. The minimum absolute atomic E-state index is 0.129. The van der Waals surface area contributed by atoms with Gasteiger partial charge in [0, 0.05) is 24.6 Å². The predicted octanol–water partition coefficient (Wildman–Crippen LogP) is 4.02. The lowest BCUT2D eigenvalue weighted by Gasteiger charge is -2.35. The van der Waals surface area contributed by atoms with Gasteiger partial charge < -0.3 is 15.0 Å². The van der Waals surface area contributed by atoms with Crippen molar-refractivity contribution < 1.29 is 22.7 Å². The van der Waals surface area contributed by atoms with E-state index in [1.165, 1.54) is 12.0 Å². The monoisotopic (exact) mass is 551 g/mol. The van der Waals surface area contributed by atoms with E-state index in [0.29, 0.717) is 11.4 Å². The maximum absolute atomic E-state index is 14.0. The number of carbonyl (C=O) groups excluding carboxylic acids is 2. The maximum atomic E-state index is 14.0. The number of hydrogen-bond donors (Lipinski definition) is 1. The fourth-order valence-corrected chi connectivity index (χ4v) is 5.01. The molecule has 0 aromatic heterocycles. The Morgan fingerprint density at radius 1 is 0.897 bits per heavy atom. The number of amides is 2. The lowest BCUT2D eigenvalue weighted by atomic mass is 10.0. The molecule has 2 amide bonds. The van der Waals surface area contributed by atoms with E-state index in [1.807, 2.05) is 81.4 Å². The molecule has 0 saturated carbocycles. The van der Waals surface area contributed by atoms with E-state index in [9.17, 15) is 18.0 Å². The van der Waals surface area contributed by atoms with Gasteiger partial charge in [-0.2, -0.15) is 0 Å². The number of nitrogens with zero attached hydrogens (tertiary/aromatic N) is 2. The Balaban J connectivity index is 2.06. The summed E-state index contributed by atoms with van der Waals surface area (Å²) in [6, 6.07) is 24.4. The van der Waals surface area contributed by atoms with E-state index >= 15 is 0 Å². The molecule has 0 unspecified atom stereocenters. The van der Waals surface area contributed by atoms with Crippen molar-refractivity contribution in [1.29, 1.82) is 0 Å². The zero-order valence-electron chi connectivity index (χ0n) is 23.1. The number of hydrogen-bond acceptors (Lipinski definition) is 5. The third-order valence-electron chi connectivity index (χ3n) is 5.99. The first kappa shape index (κ1) is 29.7. The van der Waals surface area contributed by atoms with Crippen molar-refractivity contribution in [2.24, 2.45) is 0 Å². The molecule has 0 bridgehead atoms. The van der Waals surface area contributed by atoms with Crippen molar-refractivity contribution in [2.75, 3.05) is 24.2 Å². The van der Waals surface area contributed by atoms with Crippen molar-refractivity contribution in [2.45, 2.75) is 45.3 Å². The first-order valence-corrected chi connectivity index (χ1v) is 14.5. The van der Waals surface area contributed by atoms with Crippen LogP contribution in [0.1, 0.15) is 31.9 Å². The fraction of sp³-hybridized carbons (Fsp3) is 0.333. The Hall–Kier alpha value is -3.85. The summed E-state index contributed by atoms with van der Waals surface area (Å²) in [6.07, 6.45) is 1.31. The summed E-state index contributed by atoms with van der Waals surface area (Å²) >= 11 is 0. The topological polar surface area (TPSA) is 96.0 Å². The zero-order valence-corrected chi connectivity index (χ0v) is 23.9. The Morgan fingerprint density at radius 3 is 2.03 bits per heavy atom. The number of nitrogens with one attached hydrogen (secondary N) is 1. The van der Waals surface area contributed by atoms with Gasteiger partial charge in [0.1, 0.15) is 18.3 Å². The van der Waals surface area contributed by atoms with E-state index in [1.54, 1.807) is 24.3 Å². The van der Waals surface area contributed by atoms with Crippen LogP contribution in [0.15, 0.2) is 84.9 Å². The second-order valence-electron chi connectivity index (χ2n) is 10.4. The van der Waals surface area contributed by atoms with Crippen LogP contribution in [-0.4, -0.2) is 56.6 Å². The molecule has 0 heterocycles. The van der Waals surface area contributed by atoms with Gasteiger partial charge in [-0.15, -0.1) is 0 Å². The Kier molecular flexibility index (Phi) is 9.75. The van der Waals surface area contributed by atoms with E-state index in [-0.39, 0.29) is 18.9 Å². The van der Waals surface area contributed by atoms with E-state index < -0.39 is 34.1 Å². The summed E-state index contributed by atoms with van der Waals surface area (Å²) in [4.78, 5) is 29.2. The van der Waals surface area contributed by atoms with Crippen LogP contribution in [0.4, 0.5) is 5.69 Å². The molecule has 3 rings (SSSR count). The van der Waals surface area contributed by atoms with Crippen molar-refractivity contribution in [1.82, 2.24) is 10.2 Å². The van der Waals surface area contributed by atoms with Crippen LogP contribution >= 0.6 is 0 Å². The van der Waals surface area contributed by atoms with Gasteiger partial charge in [-0.25, -0.2) is 8.42 Å². The molecule has 8 nitrogen and oxygen atoms in total. The zero-order chi connectivity index (χ0) is 28.6. The maximum Gasteiger partial charge on any atom is 0.244 e. The molecule has 1 atom stereocenters. The molecule has 9 heteroatoms. The van der Waals surface area contributed by atoms with Gasteiger partial charge in [-0.1, -0.05) is 66.7 Å². The summed E-state index contributed by atoms with van der Waals surface area (Å²) in [5.74, 6) is -0.360. The van der Waals surface area contributed by atoms with Gasteiger partial charge >= 0.3 is 0 Å². The summed E-state index contributed by atoms with van der Waals surface area (Å²) in [5.41, 5.74) is 1.46. The Bertz CT molecular complexity index is 1360. The van der Waals surface area contributed by atoms with Crippen LogP contribution in [0.2, 0.25) is 0 Å². The van der Waals surface area contributed by atoms with Gasteiger partial charge in [-0.05, 0) is 44.0 Å². The minimum Gasteiger partial charge on any atom is -0.497 e. The van der Waals surface area contributed by atoms with Gasteiger partial charge in [0.25, 0.3) is 0 Å². The van der Waals surface area contributed by atoms with E-state index in [2.05, 4.69) is 5.32 Å². The average molecular weight is 552 g/mol. The summed E-state index contributed by atoms with van der Waals surface area (Å²) in [5, 5.41) is 3.01. The lowest BCUT2D eigenvalue weighted by Crippen LogP contribution is -2.56. The molecule has 0 spiro atoms. The molecular formula is C30H37N3O5S. The minimum atomic E-state index is -3.85. The molecule has 0 aliphatic rings. The highest BCUT2D eigenvalue weighted by atomic mass is 32.2. The highest BCUT2D eigenvalue weighted by Crippen LogP contribution is 2.24. The largest absolute Gasteiger partial charge is 0.497 e. The number of sulfonamides is 1. The van der Waals surface area contributed by atoms with Gasteiger partial charge in [0.15, 0.2) is 0 Å². The summed E-state index contributed by atoms with van der Waals surface area (Å²) < 4.78 is 32.0. The van der Waals surface area contributed by atoms with Crippen LogP contribution in [-0.2, 0) is 32.6 Å². The predicted molar refractivity (Wildman–Crippen MR) is 154 cm³/mol. The van der Waals surface area contributed by atoms with Crippen molar-refractivity contribution in [3.8, 4) is 5.75 Å². The highest BCUT2D eigenvalue weighted by molar-refractivity contribution is 7.92. The van der Waals surface area contributed by atoms with Crippen LogP contribution in [0, 0.1) is 0 Å². The third-order valence-corrected chi connectivity index (χ3v) is 7.13. The second kappa shape index (κ2) is 12.8. The molecule has 1 N–H and O–H groups in total. The Morgan fingerprint density at radius 2 is 1.49 bits per heavy atom. The molecule has 3 aromatic rings. The number of ether oxygens (including phenoxy) is 1. The van der Waals surface area contributed by atoms with Crippen LogP contribution < -0.4 is 14.4 Å². The first-order chi connectivity index (χ1) is 18.4. The quantitative estimate of drug-likeness (QED) is 0.389. The van der Waals surface area contributed by atoms with Crippen molar-refractivity contribution in [3.63, 3.8) is 0 Å². The van der Waals surface area contributed by atoms with E-state index in [4.69, 9.17) is 4.74 Å². The normalized spacial score (nSPS) is 12.3. The molecule has 0 aliphatic heterocycles. The molecular weight excluding hydrogens is 514 g/mol. The molecule has 0 radical (unpaired) electrons. The van der Waals surface area contributed by atoms with Gasteiger partial charge in [0.2, 0.25) is 21.8 Å². The number of anilines is 1. The molecule has 0 saturated heterocycles. The first-order valence-electron chi connectivity index (χ1n) is 12.7. The fourth-order valence-electron chi connectivity index (χ4n) is 4.17. The van der Waals surface area contributed by atoms with Crippen molar-refractivity contribution >= 4 is 27.5 Å². The third kappa shape index (κ3) is 8.85. The van der Waals surface area contributed by atoms with Crippen LogP contribution in [0.3, 0.4) is 0 Å². The molecule has 208 valence electrons. The highest BCUT2D eigenvalue weighted by Gasteiger charge is 2.34.